The molecule has 1 N–H and O–H groups in total. The molecule has 0 radical (unpaired) electrons. The first-order valence-electron chi connectivity index (χ1n) is 6.51. The van der Waals surface area contributed by atoms with Crippen molar-refractivity contribution in [3.8, 4) is 11.5 Å². The van der Waals surface area contributed by atoms with E-state index in [9.17, 15) is 8.78 Å². The zero-order valence-corrected chi connectivity index (χ0v) is 11.0. The van der Waals surface area contributed by atoms with Gasteiger partial charge in [-0.2, -0.15) is 8.78 Å². The fourth-order valence-corrected chi connectivity index (χ4v) is 1.96. The number of benzene rings is 1. The van der Waals surface area contributed by atoms with Crippen LogP contribution >= 0.6 is 0 Å². The zero-order chi connectivity index (χ0) is 13.7. The predicted octanol–water partition coefficient (Wildman–Crippen LogP) is 3.19. The number of rotatable bonds is 8. The zero-order valence-electron chi connectivity index (χ0n) is 11.0. The molecule has 0 aromatic heterocycles. The lowest BCUT2D eigenvalue weighted by molar-refractivity contribution is -0.0512. The van der Waals surface area contributed by atoms with Crippen LogP contribution in [0.25, 0.3) is 0 Å². The average Bonchev–Trinajstić information content (AvgIpc) is 3.18. The summed E-state index contributed by atoms with van der Waals surface area (Å²) >= 11 is 0. The third-order valence-corrected chi connectivity index (χ3v) is 3.20. The highest BCUT2D eigenvalue weighted by molar-refractivity contribution is 5.42. The van der Waals surface area contributed by atoms with Gasteiger partial charge in [0.1, 0.15) is 0 Å². The molecular weight excluding hydrogens is 252 g/mol. The molecule has 0 amide bonds. The van der Waals surface area contributed by atoms with Crippen molar-refractivity contribution in [1.82, 2.24) is 5.32 Å². The minimum atomic E-state index is -2.84. The monoisotopic (exact) mass is 271 g/mol. The van der Waals surface area contributed by atoms with E-state index in [0.29, 0.717) is 12.3 Å². The Balaban J connectivity index is 1.87. The molecule has 2 rings (SSSR count). The van der Waals surface area contributed by atoms with Crippen LogP contribution in [-0.2, 0) is 6.54 Å². The number of halogens is 2. The summed E-state index contributed by atoms with van der Waals surface area (Å²) in [4.78, 5) is 0. The maximum atomic E-state index is 12.3. The molecule has 0 atom stereocenters. The number of ether oxygens (including phenoxy) is 2. The van der Waals surface area contributed by atoms with Crippen LogP contribution in [0.5, 0.6) is 11.5 Å². The maximum absolute atomic E-state index is 12.3. The number of alkyl halides is 2. The van der Waals surface area contributed by atoms with E-state index in [-0.39, 0.29) is 5.75 Å². The van der Waals surface area contributed by atoms with Crippen LogP contribution in [0.4, 0.5) is 8.78 Å². The predicted molar refractivity (Wildman–Crippen MR) is 68.7 cm³/mol. The van der Waals surface area contributed by atoms with Gasteiger partial charge >= 0.3 is 6.61 Å². The molecule has 1 fully saturated rings. The molecule has 0 aliphatic heterocycles. The van der Waals surface area contributed by atoms with Crippen molar-refractivity contribution in [2.75, 3.05) is 13.7 Å². The van der Waals surface area contributed by atoms with Crippen LogP contribution in [-0.4, -0.2) is 20.3 Å². The molecule has 1 aromatic carbocycles. The normalized spacial score (nSPS) is 14.7. The Kier molecular flexibility index (Phi) is 4.96. The summed E-state index contributed by atoms with van der Waals surface area (Å²) in [5.41, 5.74) is 0.909. The van der Waals surface area contributed by atoms with Crippen LogP contribution in [0.3, 0.4) is 0 Å². The lowest BCUT2D eigenvalue weighted by Crippen LogP contribution is -2.15. The van der Waals surface area contributed by atoms with Gasteiger partial charge in [0, 0.05) is 6.54 Å². The van der Waals surface area contributed by atoms with Crippen LogP contribution in [0.15, 0.2) is 18.2 Å². The van der Waals surface area contributed by atoms with Crippen LogP contribution in [0, 0.1) is 5.92 Å². The summed E-state index contributed by atoms with van der Waals surface area (Å²) < 4.78 is 34.0. The van der Waals surface area contributed by atoms with Gasteiger partial charge in [0.25, 0.3) is 0 Å². The minimum absolute atomic E-state index is 0.0824. The highest BCUT2D eigenvalue weighted by Gasteiger charge is 2.20. The van der Waals surface area contributed by atoms with Gasteiger partial charge in [-0.3, -0.25) is 0 Å². The Labute approximate surface area is 111 Å². The summed E-state index contributed by atoms with van der Waals surface area (Å²) in [5, 5.41) is 3.31. The summed E-state index contributed by atoms with van der Waals surface area (Å²) in [6.45, 7) is -1.23. The third-order valence-electron chi connectivity index (χ3n) is 3.20. The molecule has 1 aromatic rings. The standard InChI is InChI=1S/C14H19F2NO2/c1-18-12-5-4-11(8-13(12)19-14(15)16)9-17-7-6-10-2-3-10/h4-5,8,10,14,17H,2-3,6-7,9H2,1H3. The van der Waals surface area contributed by atoms with Crippen molar-refractivity contribution in [3.63, 3.8) is 0 Å². The first-order valence-corrected chi connectivity index (χ1v) is 6.51. The van der Waals surface area contributed by atoms with E-state index >= 15 is 0 Å². The van der Waals surface area contributed by atoms with Crippen molar-refractivity contribution in [2.45, 2.75) is 32.4 Å². The van der Waals surface area contributed by atoms with Crippen LogP contribution in [0.2, 0.25) is 0 Å². The van der Waals surface area contributed by atoms with Gasteiger partial charge in [-0.25, -0.2) is 0 Å². The number of hydrogen-bond acceptors (Lipinski definition) is 3. The fraction of sp³-hybridized carbons (Fsp3) is 0.571. The molecule has 0 bridgehead atoms. The Morgan fingerprint density at radius 1 is 1.32 bits per heavy atom. The Bertz CT molecular complexity index is 408. The number of hydrogen-bond donors (Lipinski definition) is 1. The Morgan fingerprint density at radius 3 is 2.74 bits per heavy atom. The lowest BCUT2D eigenvalue weighted by atomic mass is 10.2. The molecule has 1 aliphatic carbocycles. The summed E-state index contributed by atoms with van der Waals surface area (Å²) in [5.74, 6) is 1.29. The van der Waals surface area contributed by atoms with Crippen LogP contribution < -0.4 is 14.8 Å². The van der Waals surface area contributed by atoms with Gasteiger partial charge < -0.3 is 14.8 Å². The first kappa shape index (κ1) is 14.1. The van der Waals surface area contributed by atoms with E-state index in [1.165, 1.54) is 26.4 Å². The molecule has 5 heteroatoms. The first-order chi connectivity index (χ1) is 9.19. The molecule has 1 aliphatic rings. The average molecular weight is 271 g/mol. The molecule has 0 unspecified atom stereocenters. The maximum Gasteiger partial charge on any atom is 0.387 e. The van der Waals surface area contributed by atoms with Crippen LogP contribution in [0.1, 0.15) is 24.8 Å². The molecule has 1 saturated carbocycles. The molecular formula is C14H19F2NO2. The van der Waals surface area contributed by atoms with E-state index < -0.39 is 6.61 Å². The van der Waals surface area contributed by atoms with Crippen molar-refractivity contribution in [1.29, 1.82) is 0 Å². The minimum Gasteiger partial charge on any atom is -0.493 e. The SMILES string of the molecule is COc1ccc(CNCCC2CC2)cc1OC(F)F. The van der Waals surface area contributed by atoms with Crippen molar-refractivity contribution in [2.24, 2.45) is 5.92 Å². The second-order valence-corrected chi connectivity index (χ2v) is 4.77. The summed E-state index contributed by atoms with van der Waals surface area (Å²) in [6.07, 6.45) is 3.88. The highest BCUT2D eigenvalue weighted by atomic mass is 19.3. The van der Waals surface area contributed by atoms with E-state index in [1.54, 1.807) is 12.1 Å². The van der Waals surface area contributed by atoms with E-state index in [4.69, 9.17) is 4.74 Å². The van der Waals surface area contributed by atoms with Crippen molar-refractivity contribution in [3.05, 3.63) is 23.8 Å². The van der Waals surface area contributed by atoms with Gasteiger partial charge in [-0.05, 0) is 36.6 Å². The largest absolute Gasteiger partial charge is 0.493 e. The lowest BCUT2D eigenvalue weighted by Gasteiger charge is -2.12. The number of nitrogens with one attached hydrogen (secondary N) is 1. The fourth-order valence-electron chi connectivity index (χ4n) is 1.96. The highest BCUT2D eigenvalue weighted by Crippen LogP contribution is 2.32. The molecule has 106 valence electrons. The number of methoxy groups -OCH3 is 1. The molecule has 0 saturated heterocycles. The Hall–Kier alpha value is -1.36. The van der Waals surface area contributed by atoms with Gasteiger partial charge in [0.05, 0.1) is 7.11 Å². The van der Waals surface area contributed by atoms with E-state index in [2.05, 4.69) is 10.1 Å². The van der Waals surface area contributed by atoms with Gasteiger partial charge in [-0.1, -0.05) is 18.9 Å². The van der Waals surface area contributed by atoms with Gasteiger partial charge in [0.15, 0.2) is 11.5 Å². The van der Waals surface area contributed by atoms with Crippen molar-refractivity contribution < 1.29 is 18.3 Å². The van der Waals surface area contributed by atoms with E-state index in [1.807, 2.05) is 6.07 Å². The Morgan fingerprint density at radius 2 is 2.11 bits per heavy atom. The van der Waals surface area contributed by atoms with Gasteiger partial charge in [0.2, 0.25) is 0 Å². The molecule has 3 nitrogen and oxygen atoms in total. The quantitative estimate of drug-likeness (QED) is 0.737. The van der Waals surface area contributed by atoms with E-state index in [0.717, 1.165) is 18.0 Å². The van der Waals surface area contributed by atoms with Crippen molar-refractivity contribution >= 4 is 0 Å². The second-order valence-electron chi connectivity index (χ2n) is 4.77. The summed E-state index contributed by atoms with van der Waals surface area (Å²) in [7, 11) is 1.43. The smallest absolute Gasteiger partial charge is 0.387 e. The molecule has 0 heterocycles. The second kappa shape index (κ2) is 6.70. The third kappa shape index (κ3) is 4.67. The summed E-state index contributed by atoms with van der Waals surface area (Å²) in [6, 6.07) is 5.09. The topological polar surface area (TPSA) is 30.5 Å². The molecule has 19 heavy (non-hydrogen) atoms. The van der Waals surface area contributed by atoms with Gasteiger partial charge in [-0.15, -0.1) is 0 Å². The molecule has 0 spiro atoms.